The maximum absolute atomic E-state index is 14.3. The number of nitrogens with zero attached hydrogens (tertiary/aromatic N) is 4. The largest absolute Gasteiger partial charge is 0.484 e. The number of carboxylic acid groups (broad SMARTS) is 1. The summed E-state index contributed by atoms with van der Waals surface area (Å²) in [7, 11) is -4.25. The number of sulfonamides is 1. The van der Waals surface area contributed by atoms with E-state index in [4.69, 9.17) is 9.47 Å². The Labute approximate surface area is 261 Å². The number of alkyl halides is 3. The summed E-state index contributed by atoms with van der Waals surface area (Å²) in [5.41, 5.74) is 1.60. The molecule has 6 rings (SSSR count). The highest BCUT2D eigenvalue weighted by atomic mass is 32.2. The molecule has 2 aliphatic rings. The number of rotatable bonds is 6. The Morgan fingerprint density at radius 2 is 1.83 bits per heavy atom. The van der Waals surface area contributed by atoms with Crippen LogP contribution in [0.4, 0.5) is 17.6 Å². The van der Waals surface area contributed by atoms with E-state index in [1.807, 2.05) is 0 Å². The molecule has 1 saturated heterocycles. The molecule has 2 aromatic heterocycles. The molecule has 1 spiro atoms. The number of carboxylic acids is 1. The van der Waals surface area contributed by atoms with Gasteiger partial charge >= 0.3 is 12.1 Å². The van der Waals surface area contributed by atoms with Crippen molar-refractivity contribution in [3.8, 4) is 5.75 Å². The van der Waals surface area contributed by atoms with E-state index in [1.54, 1.807) is 32.0 Å². The number of aliphatic carboxylic acids is 1. The van der Waals surface area contributed by atoms with E-state index < -0.39 is 51.8 Å². The molecule has 2 aliphatic heterocycles. The van der Waals surface area contributed by atoms with Crippen molar-refractivity contribution in [1.29, 1.82) is 0 Å². The highest BCUT2D eigenvalue weighted by Gasteiger charge is 2.45. The highest BCUT2D eigenvalue weighted by Crippen LogP contribution is 2.40. The fourth-order valence-corrected chi connectivity index (χ4v) is 7.86. The number of fused-ring (bicyclic) bond motifs is 2. The Bertz CT molecular complexity index is 1940. The van der Waals surface area contributed by atoms with Crippen LogP contribution in [0.3, 0.4) is 0 Å². The lowest BCUT2D eigenvalue weighted by Crippen LogP contribution is -2.50. The van der Waals surface area contributed by atoms with Crippen LogP contribution in [0.15, 0.2) is 53.6 Å². The maximum atomic E-state index is 14.3. The smallest absolute Gasteiger partial charge is 0.452 e. The van der Waals surface area contributed by atoms with Crippen LogP contribution in [0.2, 0.25) is 0 Å². The van der Waals surface area contributed by atoms with Gasteiger partial charge in [0, 0.05) is 31.5 Å². The Kier molecular flexibility index (Phi) is 8.05. The normalized spacial score (nSPS) is 18.6. The Morgan fingerprint density at radius 3 is 2.52 bits per heavy atom. The quantitative estimate of drug-likeness (QED) is 0.278. The number of hydrogen-bond donors (Lipinski definition) is 1. The van der Waals surface area contributed by atoms with Crippen LogP contribution in [0.1, 0.15) is 58.8 Å². The fraction of sp³-hybridized carbons (Fsp3) is 0.387. The van der Waals surface area contributed by atoms with Crippen LogP contribution >= 0.6 is 0 Å². The molecule has 244 valence electrons. The lowest BCUT2D eigenvalue weighted by Gasteiger charge is -2.38. The number of pyridine rings is 1. The first-order valence-corrected chi connectivity index (χ1v) is 15.9. The minimum atomic E-state index is -4.74. The van der Waals surface area contributed by atoms with Gasteiger partial charge in [0.2, 0.25) is 15.8 Å². The lowest BCUT2D eigenvalue weighted by atomic mass is 9.85. The molecule has 10 nitrogen and oxygen atoms in total. The number of carbonyl (C=O) groups is 1. The molecular weight excluding hydrogens is 632 g/mol. The number of benzene rings is 2. The second kappa shape index (κ2) is 11.6. The summed E-state index contributed by atoms with van der Waals surface area (Å²) < 4.78 is 96.7. The van der Waals surface area contributed by atoms with Gasteiger partial charge in [-0.3, -0.25) is 9.20 Å². The maximum Gasteiger partial charge on any atom is 0.452 e. The minimum absolute atomic E-state index is 0.0264. The van der Waals surface area contributed by atoms with Gasteiger partial charge in [-0.15, -0.1) is 10.2 Å². The predicted octanol–water partition coefficient (Wildman–Crippen LogP) is 5.24. The van der Waals surface area contributed by atoms with Crippen LogP contribution in [0, 0.1) is 19.7 Å². The lowest BCUT2D eigenvalue weighted by molar-refractivity contribution is -0.145. The van der Waals surface area contributed by atoms with E-state index in [-0.39, 0.29) is 29.4 Å². The van der Waals surface area contributed by atoms with Crippen molar-refractivity contribution < 1.29 is 45.4 Å². The standard InChI is InChI=1S/C31H30F4N4O6S/c1-18-3-4-20(24(15-27(40)41)23-7-10-39-28(19(23)2)36-37-29(39)31(33,34)35)13-21(18)16-38-17-30(8-11-44-12-9-30)45-25-6-5-22(32)14-26(25)46(38,42)43/h3-7,10,13-14,24H,8-9,11-12,15-17H2,1-2H3,(H,40,41). The van der Waals surface area contributed by atoms with Gasteiger partial charge in [0.1, 0.15) is 22.1 Å². The summed E-state index contributed by atoms with van der Waals surface area (Å²) in [6, 6.07) is 9.99. The van der Waals surface area contributed by atoms with E-state index >= 15 is 0 Å². The van der Waals surface area contributed by atoms with Crippen LogP contribution < -0.4 is 4.74 Å². The summed E-state index contributed by atoms with van der Waals surface area (Å²) in [6.45, 7) is 3.90. The number of ether oxygens (including phenoxy) is 2. The zero-order chi connectivity index (χ0) is 33.0. The third-order valence-electron chi connectivity index (χ3n) is 8.72. The molecule has 2 aromatic carbocycles. The van der Waals surface area contributed by atoms with Gasteiger partial charge in [0.25, 0.3) is 0 Å². The van der Waals surface area contributed by atoms with Gasteiger partial charge in [-0.25, -0.2) is 12.8 Å². The second-order valence-corrected chi connectivity index (χ2v) is 13.6. The van der Waals surface area contributed by atoms with Crippen molar-refractivity contribution in [2.24, 2.45) is 0 Å². The molecule has 0 aliphatic carbocycles. The van der Waals surface area contributed by atoms with Crippen LogP contribution in [0.5, 0.6) is 5.75 Å². The van der Waals surface area contributed by atoms with Gasteiger partial charge in [0.05, 0.1) is 26.2 Å². The molecule has 0 saturated carbocycles. The predicted molar refractivity (Wildman–Crippen MR) is 155 cm³/mol. The first kappa shape index (κ1) is 31.9. The van der Waals surface area contributed by atoms with E-state index in [1.165, 1.54) is 16.4 Å². The molecule has 0 radical (unpaired) electrons. The molecule has 0 bridgehead atoms. The van der Waals surface area contributed by atoms with Crippen molar-refractivity contribution in [3.05, 3.63) is 88.1 Å². The number of aryl methyl sites for hydroxylation is 2. The zero-order valence-corrected chi connectivity index (χ0v) is 25.7. The third kappa shape index (κ3) is 5.82. The topological polar surface area (TPSA) is 123 Å². The number of halogens is 4. The van der Waals surface area contributed by atoms with Gasteiger partial charge in [-0.05, 0) is 65.9 Å². The summed E-state index contributed by atoms with van der Waals surface area (Å²) >= 11 is 0. The molecule has 1 fully saturated rings. The average Bonchev–Trinajstić information content (AvgIpc) is 3.42. The first-order chi connectivity index (χ1) is 21.7. The summed E-state index contributed by atoms with van der Waals surface area (Å²) in [5, 5.41) is 16.9. The van der Waals surface area contributed by atoms with Crippen molar-refractivity contribution in [2.75, 3.05) is 19.8 Å². The Balaban J connectivity index is 1.42. The summed E-state index contributed by atoms with van der Waals surface area (Å²) in [6.07, 6.45) is -3.15. The van der Waals surface area contributed by atoms with Crippen LogP contribution in [-0.2, 0) is 32.3 Å². The summed E-state index contributed by atoms with van der Waals surface area (Å²) in [5.74, 6) is -3.82. The molecule has 1 N–H and O–H groups in total. The fourth-order valence-electron chi connectivity index (χ4n) is 6.24. The summed E-state index contributed by atoms with van der Waals surface area (Å²) in [4.78, 5) is 11.8. The zero-order valence-electron chi connectivity index (χ0n) is 24.8. The van der Waals surface area contributed by atoms with E-state index in [0.29, 0.717) is 48.3 Å². The van der Waals surface area contributed by atoms with Crippen molar-refractivity contribution >= 4 is 21.6 Å². The Hall–Kier alpha value is -4.08. The molecule has 0 amide bonds. The molecule has 1 atom stereocenters. The van der Waals surface area contributed by atoms with Crippen molar-refractivity contribution in [1.82, 2.24) is 18.9 Å². The third-order valence-corrected chi connectivity index (χ3v) is 10.5. The van der Waals surface area contributed by atoms with E-state index in [2.05, 4.69) is 10.2 Å². The van der Waals surface area contributed by atoms with E-state index in [9.17, 15) is 35.9 Å². The second-order valence-electron chi connectivity index (χ2n) is 11.7. The number of hydrogen-bond acceptors (Lipinski definition) is 7. The highest BCUT2D eigenvalue weighted by molar-refractivity contribution is 7.89. The molecule has 15 heteroatoms. The van der Waals surface area contributed by atoms with Crippen molar-refractivity contribution in [2.45, 2.75) is 62.2 Å². The van der Waals surface area contributed by atoms with E-state index in [0.717, 1.165) is 28.3 Å². The van der Waals surface area contributed by atoms with Gasteiger partial charge < -0.3 is 14.6 Å². The van der Waals surface area contributed by atoms with Gasteiger partial charge in [0.15, 0.2) is 5.65 Å². The van der Waals surface area contributed by atoms with Crippen LogP contribution in [0.25, 0.3) is 5.65 Å². The van der Waals surface area contributed by atoms with Crippen molar-refractivity contribution in [3.63, 3.8) is 0 Å². The SMILES string of the molecule is Cc1ccc(C(CC(=O)O)c2ccn3c(C(F)(F)F)nnc3c2C)cc1CN1CC2(CCOCC2)Oc2ccc(F)cc2S1(=O)=O. The first-order valence-electron chi connectivity index (χ1n) is 14.5. The molecule has 1 unspecified atom stereocenters. The Morgan fingerprint density at radius 1 is 1.09 bits per heavy atom. The van der Waals surface area contributed by atoms with Gasteiger partial charge in [-0.2, -0.15) is 17.5 Å². The molecular formula is C31H30F4N4O6S. The van der Waals surface area contributed by atoms with Crippen LogP contribution in [-0.4, -0.2) is 63.8 Å². The minimum Gasteiger partial charge on any atom is -0.484 e. The number of aromatic nitrogens is 3. The monoisotopic (exact) mass is 662 g/mol. The molecule has 46 heavy (non-hydrogen) atoms. The molecule has 4 heterocycles. The molecule has 4 aromatic rings. The van der Waals surface area contributed by atoms with Gasteiger partial charge in [-0.1, -0.05) is 18.2 Å². The average molecular weight is 663 g/mol.